The predicted molar refractivity (Wildman–Crippen MR) is 332 cm³/mol. The molecule has 0 atom stereocenters. The highest BCUT2D eigenvalue weighted by Gasteiger charge is 2.23. The van der Waals surface area contributed by atoms with Crippen LogP contribution in [0.5, 0.6) is 34.5 Å². The number of carboxylic acids is 1. The summed E-state index contributed by atoms with van der Waals surface area (Å²) >= 11 is 12.4. The largest absolute Gasteiger partial charge is 0.507 e. The van der Waals surface area contributed by atoms with Gasteiger partial charge in [0.2, 0.25) is 23.1 Å². The standard InChI is InChI=1S/2C15H12BrNO5.C9H10O3.C8H8O3.2C6H3BrFNO2/c1-9-3-6-13(11(7-9)15(18)21-2)22-14-8-10(16)4-5-12(14)17(19)20;1-9-3-5-13(11(7-9)15(18)21-2)22-14-6-4-10(16)8-12(14)17(19)20;1-6-3-4-8(10)7(5-6)9(11)12-2;1-5-2-3-7(9)6(4-5)8(10)11;7-4-1-2-6(9(10)11)5(8)3-4;7-4-1-2-5(8)6(3-4)9(10)11/h2*3-8H,1-2H3;3-5,10H,1-2H3;2-4,9H,1H3,(H,10,11);2*1-3H. The second-order valence-electron chi connectivity index (χ2n) is 17.5. The summed E-state index contributed by atoms with van der Waals surface area (Å²) < 4.78 is 52.4. The Morgan fingerprint density at radius 1 is 0.382 bits per heavy atom. The van der Waals surface area contributed by atoms with Crippen LogP contribution in [0.4, 0.5) is 31.5 Å². The molecule has 0 unspecified atom stereocenters. The van der Waals surface area contributed by atoms with Crippen molar-refractivity contribution >= 4 is 110 Å². The smallest absolute Gasteiger partial charge is 0.341 e. The van der Waals surface area contributed by atoms with Crippen molar-refractivity contribution in [3.63, 3.8) is 0 Å². The van der Waals surface area contributed by atoms with Gasteiger partial charge in [-0.3, -0.25) is 40.5 Å². The molecule has 0 aliphatic rings. The zero-order valence-corrected chi connectivity index (χ0v) is 53.5. The number of nitro benzene ring substituents is 4. The van der Waals surface area contributed by atoms with Gasteiger partial charge in [0.15, 0.2) is 0 Å². The highest BCUT2D eigenvalue weighted by molar-refractivity contribution is 9.11. The summed E-state index contributed by atoms with van der Waals surface area (Å²) in [5.41, 5.74) is 2.57. The number of carbonyl (C=O) groups excluding carboxylic acids is 3. The highest BCUT2D eigenvalue weighted by atomic mass is 79.9. The van der Waals surface area contributed by atoms with Gasteiger partial charge in [-0.05, 0) is 119 Å². The minimum Gasteiger partial charge on any atom is -0.507 e. The molecule has 0 bridgehead atoms. The number of nitrogens with zero attached hydrogens (tertiary/aromatic N) is 4. The fourth-order valence-corrected chi connectivity index (χ4v) is 8.05. The summed E-state index contributed by atoms with van der Waals surface area (Å²) in [4.78, 5) is 84.8. The Labute approximate surface area is 537 Å². The Morgan fingerprint density at radius 2 is 0.719 bits per heavy atom. The predicted octanol–water partition coefficient (Wildman–Crippen LogP) is 16.4. The van der Waals surface area contributed by atoms with E-state index in [1.54, 1.807) is 73.7 Å². The van der Waals surface area contributed by atoms with Gasteiger partial charge in [0.25, 0.3) is 0 Å². The van der Waals surface area contributed by atoms with Crippen LogP contribution >= 0.6 is 63.7 Å². The molecule has 0 aliphatic carbocycles. The Morgan fingerprint density at radius 3 is 1.13 bits per heavy atom. The number of carbonyl (C=O) groups is 4. The van der Waals surface area contributed by atoms with Crippen LogP contribution in [-0.4, -0.2) is 80.2 Å². The molecule has 0 heterocycles. The Balaban J connectivity index is 0.000000288. The quantitative estimate of drug-likeness (QED) is 0.0443. The van der Waals surface area contributed by atoms with Crippen molar-refractivity contribution in [2.24, 2.45) is 0 Å². The van der Waals surface area contributed by atoms with Gasteiger partial charge in [-0.2, -0.15) is 8.78 Å². The van der Waals surface area contributed by atoms with Crippen LogP contribution in [0.1, 0.15) is 63.7 Å². The molecule has 0 saturated carbocycles. The fourth-order valence-electron chi connectivity index (χ4n) is 6.68. The Hall–Kier alpha value is -9.78. The molecule has 30 heteroatoms. The lowest BCUT2D eigenvalue weighted by molar-refractivity contribution is -0.387. The molecule has 8 rings (SSSR count). The van der Waals surface area contributed by atoms with Crippen LogP contribution < -0.4 is 9.47 Å². The number of rotatable bonds is 12. The van der Waals surface area contributed by atoms with Gasteiger partial charge >= 0.3 is 46.6 Å². The lowest BCUT2D eigenvalue weighted by atomic mass is 10.1. The second kappa shape index (κ2) is 35.1. The molecule has 466 valence electrons. The maximum Gasteiger partial charge on any atom is 0.341 e. The van der Waals surface area contributed by atoms with E-state index in [0.29, 0.717) is 17.9 Å². The van der Waals surface area contributed by atoms with Crippen LogP contribution in [0.2, 0.25) is 0 Å². The van der Waals surface area contributed by atoms with Crippen LogP contribution in [0, 0.1) is 79.8 Å². The molecular weight excluding hydrogens is 1440 g/mol. The average Bonchev–Trinajstić information content (AvgIpc) is 1.77. The van der Waals surface area contributed by atoms with E-state index >= 15 is 0 Å². The second-order valence-corrected chi connectivity index (χ2v) is 21.1. The lowest BCUT2D eigenvalue weighted by Crippen LogP contribution is -2.04. The van der Waals surface area contributed by atoms with E-state index < -0.39 is 66.6 Å². The monoisotopic (exact) mass is 1490 g/mol. The third-order valence-corrected chi connectivity index (χ3v) is 12.9. The SMILES string of the molecule is COC(=O)c1cc(C)ccc1O.COC(=O)c1cc(C)ccc1Oc1cc(Br)ccc1[N+](=O)[O-].COC(=O)c1cc(C)ccc1Oc1ccc(Br)cc1[N+](=O)[O-].Cc1ccc(O)c(C(=O)O)c1.O=[N+]([O-])c1cc(Br)ccc1F.O=[N+]([O-])c1ccc(Br)cc1F. The van der Waals surface area contributed by atoms with Crippen LogP contribution in [0.25, 0.3) is 0 Å². The van der Waals surface area contributed by atoms with E-state index in [0.717, 1.165) is 46.5 Å². The maximum absolute atomic E-state index is 12.6. The van der Waals surface area contributed by atoms with Crippen LogP contribution in [0.15, 0.2) is 163 Å². The van der Waals surface area contributed by atoms with Crippen molar-refractivity contribution in [1.29, 1.82) is 0 Å². The molecular formula is C59H48Br4F2N4O20. The molecule has 0 amide bonds. The van der Waals surface area contributed by atoms with Crippen LogP contribution in [-0.2, 0) is 14.2 Å². The zero-order valence-electron chi connectivity index (χ0n) is 47.2. The molecule has 0 saturated heterocycles. The van der Waals surface area contributed by atoms with E-state index in [2.05, 4.69) is 68.5 Å². The molecule has 3 N–H and O–H groups in total. The first kappa shape index (κ1) is 73.5. The van der Waals surface area contributed by atoms with Gasteiger partial charge < -0.3 is 39.0 Å². The van der Waals surface area contributed by atoms with E-state index in [4.69, 9.17) is 29.2 Å². The Kier molecular flexibility index (Phi) is 29.0. The number of benzene rings is 8. The topological polar surface area (TPSA) is 348 Å². The van der Waals surface area contributed by atoms with Gasteiger partial charge in [0, 0.05) is 48.2 Å². The summed E-state index contributed by atoms with van der Waals surface area (Å²) in [5, 5.41) is 69.2. The van der Waals surface area contributed by atoms with Gasteiger partial charge in [0.05, 0.1) is 41.0 Å². The van der Waals surface area contributed by atoms with Crippen molar-refractivity contribution < 1.29 is 86.7 Å². The van der Waals surface area contributed by atoms with E-state index in [9.17, 15) is 73.5 Å². The number of ether oxygens (including phenoxy) is 5. The normalized spacial score (nSPS) is 9.85. The number of aromatic hydroxyl groups is 2. The molecule has 0 aliphatic heterocycles. The molecule has 0 radical (unpaired) electrons. The Bertz CT molecular complexity index is 3890. The van der Waals surface area contributed by atoms with Gasteiger partial charge in [-0.1, -0.05) is 110 Å². The number of methoxy groups -OCH3 is 3. The summed E-state index contributed by atoms with van der Waals surface area (Å²) in [6, 6.07) is 35.0. The van der Waals surface area contributed by atoms with Crippen molar-refractivity contribution in [1.82, 2.24) is 0 Å². The number of phenols is 2. The number of esters is 3. The van der Waals surface area contributed by atoms with Crippen molar-refractivity contribution in [2.75, 3.05) is 21.3 Å². The maximum atomic E-state index is 12.6. The molecule has 0 aromatic heterocycles. The molecule has 0 spiro atoms. The number of hydrogen-bond donors (Lipinski definition) is 3. The molecule has 8 aromatic rings. The summed E-state index contributed by atoms with van der Waals surface area (Å²) in [6.45, 7) is 7.24. The first-order valence-electron chi connectivity index (χ1n) is 24.5. The number of nitro groups is 4. The number of aromatic carboxylic acids is 1. The molecule has 8 aromatic carbocycles. The average molecular weight is 1490 g/mol. The zero-order chi connectivity index (χ0) is 67.0. The lowest BCUT2D eigenvalue weighted by Gasteiger charge is -2.11. The number of aryl methyl sites for hydroxylation is 4. The third kappa shape index (κ3) is 23.1. The molecule has 0 fully saturated rings. The van der Waals surface area contributed by atoms with Crippen molar-refractivity contribution in [3.8, 4) is 34.5 Å². The number of carboxylic acid groups (broad SMARTS) is 1. The number of hydrogen-bond acceptors (Lipinski definition) is 19. The van der Waals surface area contributed by atoms with E-state index in [1.807, 2.05) is 20.8 Å². The highest BCUT2D eigenvalue weighted by Crippen LogP contribution is 2.37. The first-order chi connectivity index (χ1) is 41.8. The minimum atomic E-state index is -1.11. The van der Waals surface area contributed by atoms with Gasteiger partial charge in [-0.25, -0.2) is 19.2 Å². The van der Waals surface area contributed by atoms with E-state index in [-0.39, 0.29) is 68.1 Å². The number of phenolic OH excluding ortho intramolecular Hbond substituents is 1. The summed E-state index contributed by atoms with van der Waals surface area (Å²) in [6.07, 6.45) is 0. The molecule has 24 nitrogen and oxygen atoms in total. The van der Waals surface area contributed by atoms with Gasteiger partial charge in [0.1, 0.15) is 45.3 Å². The third-order valence-electron chi connectivity index (χ3n) is 10.9. The van der Waals surface area contributed by atoms with E-state index in [1.165, 1.54) is 75.9 Å². The fraction of sp³-hybridized carbons (Fsp3) is 0.119. The first-order valence-corrected chi connectivity index (χ1v) is 27.7. The van der Waals surface area contributed by atoms with Crippen LogP contribution in [0.3, 0.4) is 0 Å². The summed E-state index contributed by atoms with van der Waals surface area (Å²) in [7, 11) is 3.80. The number of halogens is 6. The minimum absolute atomic E-state index is 0.0355. The summed E-state index contributed by atoms with van der Waals surface area (Å²) in [5.74, 6) is -4.19. The van der Waals surface area contributed by atoms with Gasteiger partial charge in [-0.15, -0.1) is 0 Å². The molecule has 89 heavy (non-hydrogen) atoms. The van der Waals surface area contributed by atoms with Crippen molar-refractivity contribution in [3.05, 3.63) is 260 Å². The van der Waals surface area contributed by atoms with Crippen molar-refractivity contribution in [2.45, 2.75) is 27.7 Å².